The van der Waals surface area contributed by atoms with E-state index in [2.05, 4.69) is 16.5 Å². The highest BCUT2D eigenvalue weighted by molar-refractivity contribution is 5.78. The summed E-state index contributed by atoms with van der Waals surface area (Å²) in [6.45, 7) is 0. The van der Waals surface area contributed by atoms with Crippen LogP contribution in [-0.4, -0.2) is 22.3 Å². The van der Waals surface area contributed by atoms with Crippen LogP contribution in [0.2, 0.25) is 0 Å². The van der Waals surface area contributed by atoms with Gasteiger partial charge in [0.15, 0.2) is 0 Å². The van der Waals surface area contributed by atoms with Crippen molar-refractivity contribution in [2.45, 2.75) is 50.2 Å². The lowest BCUT2D eigenvalue weighted by molar-refractivity contribution is -0.122. The Morgan fingerprint density at radius 1 is 1.30 bits per heavy atom. The van der Waals surface area contributed by atoms with Gasteiger partial charge in [-0.25, -0.2) is 0 Å². The maximum atomic E-state index is 12.3. The van der Waals surface area contributed by atoms with Crippen molar-refractivity contribution in [3.8, 4) is 0 Å². The molecule has 0 aliphatic heterocycles. The molecular formula is C18H20N2O3. The van der Waals surface area contributed by atoms with Gasteiger partial charge in [-0.3, -0.25) is 4.79 Å². The van der Waals surface area contributed by atoms with Gasteiger partial charge in [-0.2, -0.15) is 0 Å². The zero-order chi connectivity index (χ0) is 15.8. The van der Waals surface area contributed by atoms with Crippen LogP contribution in [-0.2, 0) is 17.6 Å². The number of hydrogen-bond acceptors (Lipinski definition) is 4. The van der Waals surface area contributed by atoms with E-state index in [1.165, 1.54) is 5.56 Å². The first-order valence-electron chi connectivity index (χ1n) is 8.21. The molecule has 0 bridgehead atoms. The average Bonchev–Trinajstić information content (AvgIpc) is 3.30. The molecule has 1 aromatic carbocycles. The van der Waals surface area contributed by atoms with Crippen LogP contribution in [0.25, 0.3) is 0 Å². The predicted octanol–water partition coefficient (Wildman–Crippen LogP) is 2.26. The number of nitrogens with one attached hydrogen (secondary N) is 1. The number of amides is 1. The number of carbonyl (C=O) groups excluding carboxylic acids is 1. The van der Waals surface area contributed by atoms with Gasteiger partial charge in [0.2, 0.25) is 5.91 Å². The minimum Gasteiger partial charge on any atom is -0.391 e. The number of aliphatic hydroxyl groups excluding tert-OH is 1. The Hall–Kier alpha value is -2.14. The summed E-state index contributed by atoms with van der Waals surface area (Å²) in [4.78, 5) is 12.3. The highest BCUT2D eigenvalue weighted by atomic mass is 16.5. The third-order valence-electron chi connectivity index (χ3n) is 4.71. The average molecular weight is 312 g/mol. The Balaban J connectivity index is 1.45. The monoisotopic (exact) mass is 312 g/mol. The maximum absolute atomic E-state index is 12.3. The second-order valence-electron chi connectivity index (χ2n) is 6.52. The summed E-state index contributed by atoms with van der Waals surface area (Å²) in [6, 6.07) is 9.49. The highest BCUT2D eigenvalue weighted by Gasteiger charge is 2.30. The van der Waals surface area contributed by atoms with Crippen LogP contribution < -0.4 is 5.32 Å². The van der Waals surface area contributed by atoms with Crippen LogP contribution >= 0.6 is 0 Å². The Labute approximate surface area is 134 Å². The van der Waals surface area contributed by atoms with Crippen molar-refractivity contribution >= 4 is 5.91 Å². The molecule has 4 rings (SSSR count). The second-order valence-corrected chi connectivity index (χ2v) is 6.52. The van der Waals surface area contributed by atoms with Crippen molar-refractivity contribution < 1.29 is 14.4 Å². The Morgan fingerprint density at radius 3 is 2.96 bits per heavy atom. The summed E-state index contributed by atoms with van der Waals surface area (Å²) in [6.07, 6.45) is 3.43. The minimum absolute atomic E-state index is 0.149. The normalized spacial score (nSPS) is 23.3. The summed E-state index contributed by atoms with van der Waals surface area (Å²) in [5, 5.41) is 17.2. The number of aromatic nitrogens is 1. The maximum Gasteiger partial charge on any atom is 0.228 e. The summed E-state index contributed by atoms with van der Waals surface area (Å²) >= 11 is 0. The molecule has 1 heterocycles. The molecule has 1 amide bonds. The third kappa shape index (κ3) is 3.01. The molecule has 0 radical (unpaired) electrons. The molecule has 23 heavy (non-hydrogen) atoms. The molecule has 2 atom stereocenters. The smallest absolute Gasteiger partial charge is 0.228 e. The van der Waals surface area contributed by atoms with Crippen LogP contribution in [0.15, 0.2) is 34.9 Å². The molecular weight excluding hydrogens is 292 g/mol. The lowest BCUT2D eigenvalue weighted by atomic mass is 9.85. The van der Waals surface area contributed by atoms with Gasteiger partial charge in [0, 0.05) is 12.0 Å². The highest BCUT2D eigenvalue weighted by Crippen LogP contribution is 2.39. The van der Waals surface area contributed by atoms with E-state index in [0.717, 1.165) is 30.5 Å². The standard InChI is InChI=1S/C18H20N2O3/c21-16-8-7-11-3-1-2-4-14(11)18(16)19-17(22)10-13-9-15(20-23-13)12-5-6-12/h1-4,9,12,16,18,21H,5-8,10H2,(H,19,22)/t16-,18+/m1/s1. The molecule has 0 saturated heterocycles. The summed E-state index contributed by atoms with van der Waals surface area (Å²) in [5.41, 5.74) is 3.16. The number of aliphatic hydroxyl groups is 1. The van der Waals surface area contributed by atoms with Crippen molar-refractivity contribution in [2.75, 3.05) is 0 Å². The number of carbonyl (C=O) groups is 1. The zero-order valence-corrected chi connectivity index (χ0v) is 12.9. The molecule has 0 unspecified atom stereocenters. The Kier molecular flexibility index (Phi) is 3.65. The largest absolute Gasteiger partial charge is 0.391 e. The predicted molar refractivity (Wildman–Crippen MR) is 83.8 cm³/mol. The van der Waals surface area contributed by atoms with Crippen LogP contribution in [0.4, 0.5) is 0 Å². The molecule has 2 N–H and O–H groups in total. The molecule has 1 fully saturated rings. The molecule has 5 nitrogen and oxygen atoms in total. The lowest BCUT2D eigenvalue weighted by Crippen LogP contribution is -2.39. The third-order valence-corrected chi connectivity index (χ3v) is 4.71. The van der Waals surface area contributed by atoms with Crippen molar-refractivity contribution in [3.63, 3.8) is 0 Å². The van der Waals surface area contributed by atoms with Crippen molar-refractivity contribution in [3.05, 3.63) is 52.9 Å². The minimum atomic E-state index is -0.550. The van der Waals surface area contributed by atoms with Crippen molar-refractivity contribution in [2.24, 2.45) is 0 Å². The quantitative estimate of drug-likeness (QED) is 0.908. The van der Waals surface area contributed by atoms with Gasteiger partial charge in [-0.15, -0.1) is 0 Å². The summed E-state index contributed by atoms with van der Waals surface area (Å²) < 4.78 is 5.25. The lowest BCUT2D eigenvalue weighted by Gasteiger charge is -2.30. The summed E-state index contributed by atoms with van der Waals surface area (Å²) in [5.74, 6) is 0.954. The van der Waals surface area contributed by atoms with E-state index >= 15 is 0 Å². The molecule has 2 aromatic rings. The fourth-order valence-electron chi connectivity index (χ4n) is 3.28. The van der Waals surface area contributed by atoms with Crippen molar-refractivity contribution in [1.29, 1.82) is 0 Å². The van der Waals surface area contributed by atoms with Crippen LogP contribution in [0.1, 0.15) is 53.8 Å². The topological polar surface area (TPSA) is 75.4 Å². The van der Waals surface area contributed by atoms with Gasteiger partial charge >= 0.3 is 0 Å². The van der Waals surface area contributed by atoms with E-state index in [-0.39, 0.29) is 18.4 Å². The first-order chi connectivity index (χ1) is 11.2. The molecule has 2 aliphatic rings. The molecule has 120 valence electrons. The molecule has 1 aromatic heterocycles. The molecule has 1 saturated carbocycles. The number of aryl methyl sites for hydroxylation is 1. The van der Waals surface area contributed by atoms with Crippen LogP contribution in [0, 0.1) is 0 Å². The SMILES string of the molecule is O=C(Cc1cc(C2CC2)no1)N[C@H]1c2ccccc2CC[C@H]1O. The van der Waals surface area contributed by atoms with E-state index in [9.17, 15) is 9.90 Å². The fraction of sp³-hybridized carbons (Fsp3) is 0.444. The number of fused-ring (bicyclic) bond motifs is 1. The second kappa shape index (κ2) is 5.81. The molecule has 5 heteroatoms. The van der Waals surface area contributed by atoms with Crippen LogP contribution in [0.3, 0.4) is 0 Å². The van der Waals surface area contributed by atoms with Crippen molar-refractivity contribution in [1.82, 2.24) is 10.5 Å². The molecule has 2 aliphatic carbocycles. The van der Waals surface area contributed by atoms with Gasteiger partial charge in [0.1, 0.15) is 5.76 Å². The van der Waals surface area contributed by atoms with Gasteiger partial charge in [0.25, 0.3) is 0 Å². The van der Waals surface area contributed by atoms with E-state index in [1.807, 2.05) is 24.3 Å². The molecule has 0 spiro atoms. The van der Waals surface area contributed by atoms with Crippen LogP contribution in [0.5, 0.6) is 0 Å². The zero-order valence-electron chi connectivity index (χ0n) is 12.9. The number of nitrogens with zero attached hydrogens (tertiary/aromatic N) is 1. The number of hydrogen-bond donors (Lipinski definition) is 2. The number of benzene rings is 1. The first-order valence-corrected chi connectivity index (χ1v) is 8.21. The Bertz CT molecular complexity index is 721. The van der Waals surface area contributed by atoms with E-state index in [1.54, 1.807) is 0 Å². The summed E-state index contributed by atoms with van der Waals surface area (Å²) in [7, 11) is 0. The van der Waals surface area contributed by atoms with Gasteiger partial charge in [-0.1, -0.05) is 29.4 Å². The van der Waals surface area contributed by atoms with E-state index in [0.29, 0.717) is 18.1 Å². The Morgan fingerprint density at radius 2 is 2.13 bits per heavy atom. The number of rotatable bonds is 4. The fourth-order valence-corrected chi connectivity index (χ4v) is 3.28. The first kappa shape index (κ1) is 14.5. The van der Waals surface area contributed by atoms with Gasteiger partial charge in [0.05, 0.1) is 24.3 Å². The van der Waals surface area contributed by atoms with E-state index < -0.39 is 6.10 Å². The van der Waals surface area contributed by atoms with Gasteiger partial charge in [-0.05, 0) is 36.8 Å². The van der Waals surface area contributed by atoms with E-state index in [4.69, 9.17) is 4.52 Å². The van der Waals surface area contributed by atoms with Gasteiger partial charge < -0.3 is 14.9 Å².